The Balaban J connectivity index is 1.45. The van der Waals surface area contributed by atoms with E-state index in [1.807, 2.05) is 13.0 Å². The molecule has 4 rings (SSSR count). The van der Waals surface area contributed by atoms with Crippen LogP contribution in [0.3, 0.4) is 0 Å². The Morgan fingerprint density at radius 2 is 2.20 bits per heavy atom. The number of fused-ring (bicyclic) bond motifs is 1. The van der Waals surface area contributed by atoms with Gasteiger partial charge >= 0.3 is 11.8 Å². The maximum atomic E-state index is 12.4. The van der Waals surface area contributed by atoms with Gasteiger partial charge in [-0.3, -0.25) is 14.5 Å². The number of hydrogen-bond donors (Lipinski definition) is 1. The van der Waals surface area contributed by atoms with Crippen molar-refractivity contribution in [1.82, 2.24) is 20.4 Å². The van der Waals surface area contributed by atoms with Crippen molar-refractivity contribution in [2.24, 2.45) is 0 Å². The summed E-state index contributed by atoms with van der Waals surface area (Å²) in [5, 5.41) is 6.84. The Hall–Kier alpha value is -2.94. The third-order valence-electron chi connectivity index (χ3n) is 5.63. The van der Waals surface area contributed by atoms with Gasteiger partial charge in [0.05, 0.1) is 5.69 Å². The number of benzene rings is 1. The molecule has 2 amide bonds. The number of nitrogens with zero attached hydrogens (tertiary/aromatic N) is 4. The molecule has 0 spiro atoms. The van der Waals surface area contributed by atoms with Gasteiger partial charge in [-0.15, -0.1) is 0 Å². The van der Waals surface area contributed by atoms with Crippen molar-refractivity contribution in [2.75, 3.05) is 37.7 Å². The highest BCUT2D eigenvalue weighted by molar-refractivity contribution is 5.98. The van der Waals surface area contributed by atoms with E-state index < -0.39 is 0 Å². The quantitative estimate of drug-likeness (QED) is 0.742. The molecule has 1 saturated heterocycles. The van der Waals surface area contributed by atoms with E-state index in [0.717, 1.165) is 38.0 Å². The summed E-state index contributed by atoms with van der Waals surface area (Å²) in [6.07, 6.45) is 3.09. The molecule has 3 heterocycles. The summed E-state index contributed by atoms with van der Waals surface area (Å²) in [6.45, 7) is 7.41. The molecule has 2 aromatic rings. The zero-order chi connectivity index (χ0) is 21.1. The molecule has 0 bridgehead atoms. The van der Waals surface area contributed by atoms with E-state index in [2.05, 4.69) is 27.3 Å². The lowest BCUT2D eigenvalue weighted by Crippen LogP contribution is -2.40. The van der Waals surface area contributed by atoms with Crippen LogP contribution in [-0.2, 0) is 4.79 Å². The van der Waals surface area contributed by atoms with Crippen molar-refractivity contribution in [2.45, 2.75) is 39.2 Å². The van der Waals surface area contributed by atoms with Gasteiger partial charge in [-0.05, 0) is 50.6 Å². The lowest BCUT2D eigenvalue weighted by molar-refractivity contribution is -0.121. The molecule has 0 aliphatic carbocycles. The average molecular weight is 413 g/mol. The van der Waals surface area contributed by atoms with Gasteiger partial charge in [0.2, 0.25) is 5.82 Å². The molecule has 1 atom stereocenters. The van der Waals surface area contributed by atoms with Crippen molar-refractivity contribution >= 4 is 17.5 Å². The number of carbonyl (C=O) groups excluding carboxylic acids is 2. The number of aromatic nitrogens is 2. The lowest BCUT2D eigenvalue weighted by Gasteiger charge is -2.29. The van der Waals surface area contributed by atoms with Crippen LogP contribution in [0.15, 0.2) is 22.7 Å². The Kier molecular flexibility index (Phi) is 5.98. The van der Waals surface area contributed by atoms with Crippen molar-refractivity contribution in [1.29, 1.82) is 0 Å². The number of likely N-dealkylation sites (tertiary alicyclic amines) is 1. The lowest BCUT2D eigenvalue weighted by atomic mass is 10.1. The van der Waals surface area contributed by atoms with Crippen molar-refractivity contribution in [3.05, 3.63) is 24.1 Å². The minimum absolute atomic E-state index is 0.00625. The SMILES string of the molecule is CCCN1C(=O)COc2cc(-c3noc(C(=O)NC[C@@H]4CCCN4CC)n3)ccc21. The highest BCUT2D eigenvalue weighted by atomic mass is 16.5. The molecule has 0 unspecified atom stereocenters. The molecule has 9 heteroatoms. The van der Waals surface area contributed by atoms with E-state index in [4.69, 9.17) is 9.26 Å². The van der Waals surface area contributed by atoms with Crippen LogP contribution in [0, 0.1) is 0 Å². The van der Waals surface area contributed by atoms with Gasteiger partial charge in [0.25, 0.3) is 5.91 Å². The van der Waals surface area contributed by atoms with Crippen LogP contribution >= 0.6 is 0 Å². The van der Waals surface area contributed by atoms with E-state index in [-0.39, 0.29) is 24.3 Å². The molecular weight excluding hydrogens is 386 g/mol. The van der Waals surface area contributed by atoms with E-state index in [1.54, 1.807) is 17.0 Å². The molecule has 2 aliphatic rings. The number of nitrogens with one attached hydrogen (secondary N) is 1. The Labute approximate surface area is 175 Å². The molecule has 1 aromatic heterocycles. The molecule has 1 aromatic carbocycles. The summed E-state index contributed by atoms with van der Waals surface area (Å²) in [6, 6.07) is 5.74. The fourth-order valence-corrected chi connectivity index (χ4v) is 4.07. The van der Waals surface area contributed by atoms with E-state index in [0.29, 0.717) is 36.3 Å². The van der Waals surface area contributed by atoms with E-state index >= 15 is 0 Å². The predicted molar refractivity (Wildman–Crippen MR) is 110 cm³/mol. The molecule has 30 heavy (non-hydrogen) atoms. The number of hydrogen-bond acceptors (Lipinski definition) is 7. The fourth-order valence-electron chi connectivity index (χ4n) is 4.07. The predicted octanol–water partition coefficient (Wildman–Crippen LogP) is 2.09. The van der Waals surface area contributed by atoms with Gasteiger partial charge in [0.15, 0.2) is 6.61 Å². The summed E-state index contributed by atoms with van der Waals surface area (Å²) in [5.41, 5.74) is 1.39. The number of amides is 2. The standard InChI is InChI=1S/C21H27N5O4/c1-3-9-26-16-8-7-14(11-17(16)29-13-18(26)27)19-23-21(30-24-19)20(28)22-12-15-6-5-10-25(15)4-2/h7-8,11,15H,3-6,9-10,12-13H2,1-2H3,(H,22,28)/t15-/m0/s1. The third kappa shape index (κ3) is 4.02. The first-order valence-electron chi connectivity index (χ1n) is 10.5. The fraction of sp³-hybridized carbons (Fsp3) is 0.524. The van der Waals surface area contributed by atoms with E-state index in [1.165, 1.54) is 0 Å². The van der Waals surface area contributed by atoms with Crippen LogP contribution in [0.1, 0.15) is 43.8 Å². The van der Waals surface area contributed by atoms with Crippen molar-refractivity contribution in [3.8, 4) is 17.1 Å². The number of ether oxygens (including phenoxy) is 1. The van der Waals surface area contributed by atoms with Gasteiger partial charge in [-0.2, -0.15) is 4.98 Å². The summed E-state index contributed by atoms with van der Waals surface area (Å²) >= 11 is 0. The zero-order valence-electron chi connectivity index (χ0n) is 17.4. The highest BCUT2D eigenvalue weighted by Gasteiger charge is 2.27. The molecule has 9 nitrogen and oxygen atoms in total. The monoisotopic (exact) mass is 413 g/mol. The van der Waals surface area contributed by atoms with Gasteiger partial charge in [-0.1, -0.05) is 19.0 Å². The second-order valence-electron chi connectivity index (χ2n) is 7.57. The van der Waals surface area contributed by atoms with Crippen LogP contribution in [0.2, 0.25) is 0 Å². The van der Waals surface area contributed by atoms with Gasteiger partial charge in [-0.25, -0.2) is 0 Å². The Morgan fingerprint density at radius 1 is 1.33 bits per heavy atom. The summed E-state index contributed by atoms with van der Waals surface area (Å²) in [5.74, 6) is 0.413. The molecule has 1 N–H and O–H groups in total. The number of carbonyl (C=O) groups is 2. The zero-order valence-corrected chi connectivity index (χ0v) is 17.4. The largest absolute Gasteiger partial charge is 0.482 e. The van der Waals surface area contributed by atoms with Crippen LogP contribution in [0.4, 0.5) is 5.69 Å². The summed E-state index contributed by atoms with van der Waals surface area (Å²) < 4.78 is 10.8. The Morgan fingerprint density at radius 3 is 3.00 bits per heavy atom. The minimum atomic E-state index is -0.370. The smallest absolute Gasteiger partial charge is 0.316 e. The molecular formula is C21H27N5O4. The maximum absolute atomic E-state index is 12.4. The van der Waals surface area contributed by atoms with Crippen LogP contribution in [-0.4, -0.2) is 65.7 Å². The summed E-state index contributed by atoms with van der Waals surface area (Å²) in [4.78, 5) is 32.8. The first-order chi connectivity index (χ1) is 14.6. The molecule has 0 radical (unpaired) electrons. The van der Waals surface area contributed by atoms with Crippen LogP contribution < -0.4 is 15.0 Å². The minimum Gasteiger partial charge on any atom is -0.482 e. The number of rotatable bonds is 7. The second kappa shape index (κ2) is 8.83. The molecule has 160 valence electrons. The highest BCUT2D eigenvalue weighted by Crippen LogP contribution is 2.35. The van der Waals surface area contributed by atoms with Gasteiger partial charge < -0.3 is 19.5 Å². The number of likely N-dealkylation sites (N-methyl/N-ethyl adjacent to an activating group) is 1. The van der Waals surface area contributed by atoms with Crippen molar-refractivity contribution in [3.63, 3.8) is 0 Å². The topological polar surface area (TPSA) is 101 Å². The second-order valence-corrected chi connectivity index (χ2v) is 7.57. The average Bonchev–Trinajstić information content (AvgIpc) is 3.43. The normalized spacial score (nSPS) is 18.9. The van der Waals surface area contributed by atoms with Crippen LogP contribution in [0.5, 0.6) is 5.75 Å². The first kappa shape index (κ1) is 20.3. The first-order valence-corrected chi connectivity index (χ1v) is 10.5. The van der Waals surface area contributed by atoms with Crippen molar-refractivity contribution < 1.29 is 18.8 Å². The maximum Gasteiger partial charge on any atom is 0.316 e. The number of anilines is 1. The third-order valence-corrected chi connectivity index (χ3v) is 5.63. The summed E-state index contributed by atoms with van der Waals surface area (Å²) in [7, 11) is 0. The van der Waals surface area contributed by atoms with Crippen LogP contribution in [0.25, 0.3) is 11.4 Å². The van der Waals surface area contributed by atoms with E-state index in [9.17, 15) is 9.59 Å². The van der Waals surface area contributed by atoms with Gasteiger partial charge in [0, 0.05) is 24.7 Å². The molecule has 2 aliphatic heterocycles. The van der Waals surface area contributed by atoms with Gasteiger partial charge in [0.1, 0.15) is 5.75 Å². The molecule has 1 fully saturated rings. The Bertz CT molecular complexity index is 928. The molecule has 0 saturated carbocycles.